The summed E-state index contributed by atoms with van der Waals surface area (Å²) in [5.74, 6) is -1.19. The Balaban J connectivity index is 1.62. The summed E-state index contributed by atoms with van der Waals surface area (Å²) in [4.78, 5) is 35.9. The lowest BCUT2D eigenvalue weighted by Crippen LogP contribution is -2.27. The van der Waals surface area contributed by atoms with Crippen molar-refractivity contribution in [3.8, 4) is 0 Å². The normalized spacial score (nSPS) is 10.9. The number of nitro benzene ring substituents is 1. The van der Waals surface area contributed by atoms with Gasteiger partial charge in [-0.25, -0.2) is 9.18 Å². The zero-order chi connectivity index (χ0) is 20.3. The smallest absolute Gasteiger partial charge is 0.407 e. The van der Waals surface area contributed by atoms with Crippen LogP contribution < -0.4 is 5.76 Å². The van der Waals surface area contributed by atoms with Gasteiger partial charge in [-0.2, -0.15) is 0 Å². The Hall–Kier alpha value is -3.49. The molecule has 0 spiro atoms. The van der Waals surface area contributed by atoms with Crippen LogP contribution in [0.1, 0.15) is 18.4 Å². The number of nitro groups is 1. The minimum absolute atomic E-state index is 0.127. The summed E-state index contributed by atoms with van der Waals surface area (Å²) in [5.41, 5.74) is 0.820. The van der Waals surface area contributed by atoms with Crippen LogP contribution in [0.15, 0.2) is 51.7 Å². The van der Waals surface area contributed by atoms with Gasteiger partial charge in [-0.05, 0) is 18.6 Å². The fraction of sp³-hybridized carbons (Fsp3) is 0.263. The fourth-order valence-corrected chi connectivity index (χ4v) is 2.93. The molecule has 0 aliphatic heterocycles. The van der Waals surface area contributed by atoms with E-state index in [0.29, 0.717) is 17.5 Å². The van der Waals surface area contributed by atoms with E-state index in [0.717, 1.165) is 0 Å². The first-order chi connectivity index (χ1) is 13.4. The highest BCUT2D eigenvalue weighted by Crippen LogP contribution is 2.20. The highest BCUT2D eigenvalue weighted by atomic mass is 19.1. The van der Waals surface area contributed by atoms with E-state index >= 15 is 0 Å². The van der Waals surface area contributed by atoms with Crippen molar-refractivity contribution < 1.29 is 18.5 Å². The molecule has 0 saturated carbocycles. The number of fused-ring (bicyclic) bond motifs is 1. The van der Waals surface area contributed by atoms with E-state index in [1.807, 2.05) is 0 Å². The second-order valence-corrected chi connectivity index (χ2v) is 6.37. The van der Waals surface area contributed by atoms with Crippen LogP contribution >= 0.6 is 0 Å². The van der Waals surface area contributed by atoms with Gasteiger partial charge in [0.1, 0.15) is 5.82 Å². The number of halogens is 1. The molecule has 9 heteroatoms. The molecule has 146 valence electrons. The second kappa shape index (κ2) is 8.03. The van der Waals surface area contributed by atoms with Gasteiger partial charge in [0.05, 0.1) is 16.5 Å². The minimum Gasteiger partial charge on any atom is -0.407 e. The van der Waals surface area contributed by atoms with Gasteiger partial charge in [-0.15, -0.1) is 0 Å². The van der Waals surface area contributed by atoms with Crippen LogP contribution in [0.3, 0.4) is 0 Å². The number of rotatable bonds is 7. The molecule has 3 aromatic rings. The summed E-state index contributed by atoms with van der Waals surface area (Å²) in [6.07, 6.45) is 0.531. The van der Waals surface area contributed by atoms with Crippen molar-refractivity contribution >= 4 is 22.7 Å². The van der Waals surface area contributed by atoms with Crippen molar-refractivity contribution in [2.24, 2.45) is 0 Å². The first-order valence-electron chi connectivity index (χ1n) is 8.62. The minimum atomic E-state index is -0.636. The van der Waals surface area contributed by atoms with Gasteiger partial charge < -0.3 is 9.32 Å². The van der Waals surface area contributed by atoms with E-state index < -0.39 is 10.7 Å². The summed E-state index contributed by atoms with van der Waals surface area (Å²) in [5, 5.41) is 10.8. The van der Waals surface area contributed by atoms with Crippen LogP contribution in [0.5, 0.6) is 0 Å². The molecule has 2 aromatic carbocycles. The molecule has 0 fully saturated rings. The quantitative estimate of drug-likeness (QED) is 0.458. The Bertz CT molecular complexity index is 1090. The van der Waals surface area contributed by atoms with Gasteiger partial charge in [0.25, 0.3) is 5.69 Å². The maximum absolute atomic E-state index is 13.7. The lowest BCUT2D eigenvalue weighted by atomic mass is 10.2. The molecule has 0 bridgehead atoms. The number of amides is 1. The summed E-state index contributed by atoms with van der Waals surface area (Å²) in [6.45, 7) is 0.382. The van der Waals surface area contributed by atoms with Crippen molar-refractivity contribution in [1.29, 1.82) is 0 Å². The Labute approximate surface area is 158 Å². The Morgan fingerprint density at radius 1 is 1.29 bits per heavy atom. The zero-order valence-corrected chi connectivity index (χ0v) is 15.1. The van der Waals surface area contributed by atoms with Gasteiger partial charge in [-0.3, -0.25) is 19.5 Å². The summed E-state index contributed by atoms with van der Waals surface area (Å²) >= 11 is 0. The third-order valence-corrected chi connectivity index (χ3v) is 4.43. The summed E-state index contributed by atoms with van der Waals surface area (Å²) in [6, 6.07) is 10.2. The van der Waals surface area contributed by atoms with Gasteiger partial charge >= 0.3 is 5.76 Å². The number of non-ortho nitro benzene ring substituents is 1. The van der Waals surface area contributed by atoms with E-state index in [1.54, 1.807) is 25.2 Å². The molecule has 0 saturated heterocycles. The molecule has 1 heterocycles. The van der Waals surface area contributed by atoms with Crippen LogP contribution in [-0.2, 0) is 17.9 Å². The number of carbonyl (C=O) groups excluding carboxylic acids is 1. The number of aromatic nitrogens is 1. The number of hydrogen-bond acceptors (Lipinski definition) is 5. The molecule has 28 heavy (non-hydrogen) atoms. The van der Waals surface area contributed by atoms with E-state index in [-0.39, 0.29) is 42.5 Å². The van der Waals surface area contributed by atoms with Gasteiger partial charge in [0.15, 0.2) is 5.58 Å². The molecule has 8 nitrogen and oxygen atoms in total. The molecule has 0 atom stereocenters. The molecule has 0 unspecified atom stereocenters. The molecule has 0 aliphatic carbocycles. The third kappa shape index (κ3) is 4.08. The number of hydrogen-bond donors (Lipinski definition) is 0. The van der Waals surface area contributed by atoms with Crippen LogP contribution in [0, 0.1) is 15.9 Å². The topological polar surface area (TPSA) is 98.6 Å². The number of benzene rings is 2. The highest BCUT2D eigenvalue weighted by molar-refractivity contribution is 5.76. The molecule has 0 aliphatic rings. The van der Waals surface area contributed by atoms with Gasteiger partial charge in [-0.1, -0.05) is 18.2 Å². The van der Waals surface area contributed by atoms with E-state index in [2.05, 4.69) is 0 Å². The average molecular weight is 387 g/mol. The predicted molar refractivity (Wildman–Crippen MR) is 99.2 cm³/mol. The third-order valence-electron chi connectivity index (χ3n) is 4.43. The van der Waals surface area contributed by atoms with Crippen molar-refractivity contribution in [3.63, 3.8) is 0 Å². The SMILES string of the molecule is CN(Cc1ccccc1F)C(=O)CCCn1c(=O)oc2cc([N+](=O)[O-])ccc21. The lowest BCUT2D eigenvalue weighted by molar-refractivity contribution is -0.384. The average Bonchev–Trinajstić information content (AvgIpc) is 2.98. The van der Waals surface area contributed by atoms with Crippen molar-refractivity contribution in [3.05, 3.63) is 74.5 Å². The van der Waals surface area contributed by atoms with E-state index in [4.69, 9.17) is 4.42 Å². The van der Waals surface area contributed by atoms with Gasteiger partial charge in [0, 0.05) is 38.2 Å². The molecule has 3 rings (SSSR count). The molecule has 0 N–H and O–H groups in total. The Morgan fingerprint density at radius 2 is 2.04 bits per heavy atom. The van der Waals surface area contributed by atoms with Gasteiger partial charge in [0.2, 0.25) is 5.91 Å². The molecular formula is C19H18FN3O5. The lowest BCUT2D eigenvalue weighted by Gasteiger charge is -2.17. The number of aryl methyl sites for hydroxylation is 1. The van der Waals surface area contributed by atoms with Crippen molar-refractivity contribution in [1.82, 2.24) is 9.47 Å². The number of carbonyl (C=O) groups is 1. The predicted octanol–water partition coefficient (Wildman–Crippen LogP) is 3.08. The first kappa shape index (κ1) is 19.3. The number of oxazole rings is 1. The molecular weight excluding hydrogens is 369 g/mol. The Kier molecular flexibility index (Phi) is 5.53. The van der Waals surface area contributed by atoms with E-state index in [9.17, 15) is 24.1 Å². The fourth-order valence-electron chi connectivity index (χ4n) is 2.93. The zero-order valence-electron chi connectivity index (χ0n) is 15.1. The summed E-state index contributed by atoms with van der Waals surface area (Å²) in [7, 11) is 1.59. The van der Waals surface area contributed by atoms with Crippen LogP contribution in [0.25, 0.3) is 11.1 Å². The monoisotopic (exact) mass is 387 g/mol. The van der Waals surface area contributed by atoms with Crippen LogP contribution in [0.4, 0.5) is 10.1 Å². The van der Waals surface area contributed by atoms with Crippen molar-refractivity contribution in [2.75, 3.05) is 7.05 Å². The second-order valence-electron chi connectivity index (χ2n) is 6.37. The first-order valence-corrected chi connectivity index (χ1v) is 8.62. The maximum atomic E-state index is 13.7. The molecule has 1 amide bonds. The van der Waals surface area contributed by atoms with Crippen LogP contribution in [0.2, 0.25) is 0 Å². The molecule has 0 radical (unpaired) electrons. The summed E-state index contributed by atoms with van der Waals surface area (Å²) < 4.78 is 20.1. The highest BCUT2D eigenvalue weighted by Gasteiger charge is 2.15. The van der Waals surface area contributed by atoms with Crippen LogP contribution in [-0.4, -0.2) is 27.3 Å². The largest absolute Gasteiger partial charge is 0.419 e. The standard InChI is InChI=1S/C19H18FN3O5/c1-21(12-13-5-2-3-6-15(13)20)18(24)7-4-10-22-16-9-8-14(23(26)27)11-17(16)28-19(22)25/h2-3,5-6,8-9,11H,4,7,10,12H2,1H3. The molecule has 1 aromatic heterocycles. The Morgan fingerprint density at radius 3 is 2.75 bits per heavy atom. The maximum Gasteiger partial charge on any atom is 0.419 e. The number of nitrogens with zero attached hydrogens (tertiary/aromatic N) is 3. The van der Waals surface area contributed by atoms with Crippen molar-refractivity contribution in [2.45, 2.75) is 25.9 Å². The van der Waals surface area contributed by atoms with E-state index in [1.165, 1.54) is 33.7 Å².